The van der Waals surface area contributed by atoms with E-state index < -0.39 is 0 Å². The smallest absolute Gasteiger partial charge is 0.0587 e. The molecule has 0 aromatic carbocycles. The highest BCUT2D eigenvalue weighted by Gasteiger charge is 2.34. The van der Waals surface area contributed by atoms with Crippen molar-refractivity contribution in [2.45, 2.75) is 18.3 Å². The lowest BCUT2D eigenvalue weighted by Crippen LogP contribution is -2.43. The molecule has 1 aromatic heterocycles. The molecule has 0 atom stereocenters. The second kappa shape index (κ2) is 6.50. The van der Waals surface area contributed by atoms with E-state index in [1.807, 2.05) is 11.3 Å². The van der Waals surface area contributed by atoms with Crippen LogP contribution >= 0.6 is 11.3 Å². The van der Waals surface area contributed by atoms with Gasteiger partial charge in [0.05, 0.1) is 6.61 Å². The molecule has 0 bridgehead atoms. The Bertz CT molecular complexity index is 307. The Balaban J connectivity index is 1.97. The van der Waals surface area contributed by atoms with Gasteiger partial charge in [0.15, 0.2) is 0 Å². The SMILES string of the molecule is COCCNCC1(c2cccs2)CCOCC1. The van der Waals surface area contributed by atoms with Gasteiger partial charge in [0.2, 0.25) is 0 Å². The Hall–Kier alpha value is -0.420. The van der Waals surface area contributed by atoms with Crippen LogP contribution in [-0.4, -0.2) is 40.0 Å². The molecule has 0 amide bonds. The Morgan fingerprint density at radius 2 is 2.29 bits per heavy atom. The molecule has 1 aliphatic heterocycles. The lowest BCUT2D eigenvalue weighted by atomic mass is 9.78. The number of hydrogen-bond acceptors (Lipinski definition) is 4. The van der Waals surface area contributed by atoms with Gasteiger partial charge in [-0.2, -0.15) is 0 Å². The van der Waals surface area contributed by atoms with E-state index in [1.54, 1.807) is 7.11 Å². The Morgan fingerprint density at radius 1 is 1.47 bits per heavy atom. The van der Waals surface area contributed by atoms with Crippen LogP contribution < -0.4 is 5.32 Å². The molecule has 0 radical (unpaired) electrons. The summed E-state index contributed by atoms with van der Waals surface area (Å²) < 4.78 is 10.6. The molecular formula is C13H21NO2S. The van der Waals surface area contributed by atoms with Crippen LogP contribution in [0.25, 0.3) is 0 Å². The lowest BCUT2D eigenvalue weighted by Gasteiger charge is -2.36. The fourth-order valence-electron chi connectivity index (χ4n) is 2.35. The van der Waals surface area contributed by atoms with Crippen LogP contribution in [0.1, 0.15) is 17.7 Å². The lowest BCUT2D eigenvalue weighted by molar-refractivity contribution is 0.0505. The molecule has 1 fully saturated rings. The van der Waals surface area contributed by atoms with Crippen molar-refractivity contribution >= 4 is 11.3 Å². The average Bonchev–Trinajstić information content (AvgIpc) is 2.90. The molecule has 1 N–H and O–H groups in total. The predicted molar refractivity (Wildman–Crippen MR) is 70.8 cm³/mol. The summed E-state index contributed by atoms with van der Waals surface area (Å²) in [5.74, 6) is 0. The highest BCUT2D eigenvalue weighted by atomic mass is 32.1. The summed E-state index contributed by atoms with van der Waals surface area (Å²) >= 11 is 1.87. The Morgan fingerprint density at radius 3 is 2.94 bits per heavy atom. The van der Waals surface area contributed by atoms with Gasteiger partial charge < -0.3 is 14.8 Å². The number of nitrogens with one attached hydrogen (secondary N) is 1. The molecule has 1 aliphatic rings. The van der Waals surface area contributed by atoms with Crippen molar-refractivity contribution < 1.29 is 9.47 Å². The first kappa shape index (κ1) is 13.0. The monoisotopic (exact) mass is 255 g/mol. The van der Waals surface area contributed by atoms with Gasteiger partial charge in [0.25, 0.3) is 0 Å². The van der Waals surface area contributed by atoms with Crippen molar-refractivity contribution in [1.29, 1.82) is 0 Å². The summed E-state index contributed by atoms with van der Waals surface area (Å²) in [6, 6.07) is 4.40. The maximum absolute atomic E-state index is 5.50. The molecular weight excluding hydrogens is 234 g/mol. The zero-order valence-electron chi connectivity index (χ0n) is 10.4. The van der Waals surface area contributed by atoms with Crippen LogP contribution in [0.2, 0.25) is 0 Å². The number of ether oxygens (including phenoxy) is 2. The van der Waals surface area contributed by atoms with Crippen molar-refractivity contribution in [3.8, 4) is 0 Å². The molecule has 96 valence electrons. The highest BCUT2D eigenvalue weighted by Crippen LogP contribution is 2.36. The average molecular weight is 255 g/mol. The van der Waals surface area contributed by atoms with Gasteiger partial charge in [-0.05, 0) is 24.3 Å². The highest BCUT2D eigenvalue weighted by molar-refractivity contribution is 7.10. The van der Waals surface area contributed by atoms with E-state index in [0.717, 1.165) is 45.8 Å². The first-order chi connectivity index (χ1) is 8.37. The van der Waals surface area contributed by atoms with E-state index in [4.69, 9.17) is 9.47 Å². The van der Waals surface area contributed by atoms with Gasteiger partial charge >= 0.3 is 0 Å². The van der Waals surface area contributed by atoms with Crippen LogP contribution in [0.15, 0.2) is 17.5 Å². The van der Waals surface area contributed by atoms with Gasteiger partial charge in [-0.3, -0.25) is 0 Å². The van der Waals surface area contributed by atoms with E-state index in [0.29, 0.717) is 0 Å². The first-order valence-electron chi connectivity index (χ1n) is 6.19. The zero-order valence-corrected chi connectivity index (χ0v) is 11.2. The Kier molecular flexibility index (Phi) is 4.98. The van der Waals surface area contributed by atoms with Crippen LogP contribution in [0.5, 0.6) is 0 Å². The summed E-state index contributed by atoms with van der Waals surface area (Å²) in [7, 11) is 1.74. The molecule has 1 aromatic rings. The van der Waals surface area contributed by atoms with Crippen molar-refractivity contribution in [3.05, 3.63) is 22.4 Å². The summed E-state index contributed by atoms with van der Waals surface area (Å²) in [4.78, 5) is 1.49. The van der Waals surface area contributed by atoms with Crippen molar-refractivity contribution in [1.82, 2.24) is 5.32 Å². The number of methoxy groups -OCH3 is 1. The van der Waals surface area contributed by atoms with Crippen LogP contribution in [0.3, 0.4) is 0 Å². The molecule has 0 aliphatic carbocycles. The predicted octanol–water partition coefficient (Wildman–Crippen LogP) is 2.03. The number of thiophene rings is 1. The third-order valence-electron chi connectivity index (χ3n) is 3.44. The Labute approximate surface area is 107 Å². The van der Waals surface area contributed by atoms with E-state index in [2.05, 4.69) is 22.8 Å². The minimum absolute atomic E-state index is 0.278. The van der Waals surface area contributed by atoms with Gasteiger partial charge in [-0.25, -0.2) is 0 Å². The maximum Gasteiger partial charge on any atom is 0.0587 e. The fourth-order valence-corrected chi connectivity index (χ4v) is 3.34. The molecule has 2 rings (SSSR count). The van der Waals surface area contributed by atoms with Gasteiger partial charge in [0.1, 0.15) is 0 Å². The van der Waals surface area contributed by atoms with Crippen LogP contribution in [0, 0.1) is 0 Å². The van der Waals surface area contributed by atoms with Crippen LogP contribution in [-0.2, 0) is 14.9 Å². The quantitative estimate of drug-likeness (QED) is 0.789. The normalized spacial score (nSPS) is 19.4. The summed E-state index contributed by atoms with van der Waals surface area (Å²) in [6.45, 7) is 4.48. The minimum Gasteiger partial charge on any atom is -0.383 e. The molecule has 2 heterocycles. The van der Waals surface area contributed by atoms with E-state index in [-0.39, 0.29) is 5.41 Å². The molecule has 0 unspecified atom stereocenters. The number of hydrogen-bond donors (Lipinski definition) is 1. The summed E-state index contributed by atoms with van der Waals surface area (Å²) in [5.41, 5.74) is 0.278. The van der Waals surface area contributed by atoms with Gasteiger partial charge in [-0.1, -0.05) is 6.07 Å². The van der Waals surface area contributed by atoms with Gasteiger partial charge in [-0.15, -0.1) is 11.3 Å². The molecule has 0 spiro atoms. The third-order valence-corrected chi connectivity index (χ3v) is 4.56. The topological polar surface area (TPSA) is 30.5 Å². The summed E-state index contributed by atoms with van der Waals surface area (Å²) in [6.07, 6.45) is 2.24. The van der Waals surface area contributed by atoms with Crippen LogP contribution in [0.4, 0.5) is 0 Å². The standard InChI is InChI=1S/C13H21NO2S/c1-15-9-6-14-11-13(4-7-16-8-5-13)12-3-2-10-17-12/h2-3,10,14H,4-9,11H2,1H3. The van der Waals surface area contributed by atoms with Gasteiger partial charge in [0, 0.05) is 43.7 Å². The maximum atomic E-state index is 5.50. The first-order valence-corrected chi connectivity index (χ1v) is 7.07. The van der Waals surface area contributed by atoms with Crippen molar-refractivity contribution in [2.75, 3.05) is 40.0 Å². The fraction of sp³-hybridized carbons (Fsp3) is 0.692. The molecule has 17 heavy (non-hydrogen) atoms. The second-order valence-electron chi connectivity index (χ2n) is 4.54. The molecule has 3 nitrogen and oxygen atoms in total. The van der Waals surface area contributed by atoms with Crippen molar-refractivity contribution in [3.63, 3.8) is 0 Å². The number of rotatable bonds is 6. The molecule has 1 saturated heterocycles. The zero-order chi connectivity index (χ0) is 12.0. The van der Waals surface area contributed by atoms with E-state index in [1.165, 1.54) is 4.88 Å². The summed E-state index contributed by atoms with van der Waals surface area (Å²) in [5, 5.41) is 5.68. The molecule has 0 saturated carbocycles. The second-order valence-corrected chi connectivity index (χ2v) is 5.49. The van der Waals surface area contributed by atoms with E-state index >= 15 is 0 Å². The van der Waals surface area contributed by atoms with Crippen molar-refractivity contribution in [2.24, 2.45) is 0 Å². The molecule has 4 heteroatoms. The minimum atomic E-state index is 0.278. The van der Waals surface area contributed by atoms with E-state index in [9.17, 15) is 0 Å². The largest absolute Gasteiger partial charge is 0.383 e. The third kappa shape index (κ3) is 3.28.